The van der Waals surface area contributed by atoms with E-state index in [1.54, 1.807) is 19.6 Å². The molecule has 7 heteroatoms. The summed E-state index contributed by atoms with van der Waals surface area (Å²) in [6, 6.07) is -0.671. The van der Waals surface area contributed by atoms with E-state index < -0.39 is 12.0 Å². The summed E-state index contributed by atoms with van der Waals surface area (Å²) in [6.07, 6.45) is 4.22. The number of hydrogen-bond acceptors (Lipinski definition) is 6. The molecule has 0 amide bonds. The summed E-state index contributed by atoms with van der Waals surface area (Å²) in [5, 5.41) is 0. The molecule has 0 aliphatic rings. The first-order valence-corrected chi connectivity index (χ1v) is 6.20. The standard InChI is InChI=1S/C12H21N3O4/c1-17-5-6-18-3-2-4-19-12(16)11(13)7-10-8-14-9-15-10/h8-9,11H,2-7,13H2,1H3,(H,14,15)/t11-/m0/s1. The maximum Gasteiger partial charge on any atom is 0.323 e. The van der Waals surface area contributed by atoms with Gasteiger partial charge in [-0.05, 0) is 0 Å². The van der Waals surface area contributed by atoms with Crippen molar-refractivity contribution in [3.63, 3.8) is 0 Å². The fourth-order valence-corrected chi connectivity index (χ4v) is 1.40. The maximum absolute atomic E-state index is 11.6. The second-order valence-electron chi connectivity index (χ2n) is 4.01. The molecule has 0 aliphatic carbocycles. The Kier molecular flexibility index (Phi) is 7.80. The molecular formula is C12H21N3O4. The number of ether oxygens (including phenoxy) is 3. The molecule has 0 saturated carbocycles. The van der Waals surface area contributed by atoms with Crippen molar-refractivity contribution in [3.05, 3.63) is 18.2 Å². The Labute approximate surface area is 112 Å². The van der Waals surface area contributed by atoms with Gasteiger partial charge in [-0.2, -0.15) is 0 Å². The molecular weight excluding hydrogens is 250 g/mol. The van der Waals surface area contributed by atoms with Crippen LogP contribution in [0.1, 0.15) is 12.1 Å². The Morgan fingerprint density at radius 3 is 2.95 bits per heavy atom. The summed E-state index contributed by atoms with van der Waals surface area (Å²) in [5.74, 6) is -0.411. The van der Waals surface area contributed by atoms with Crippen molar-refractivity contribution in [1.82, 2.24) is 9.97 Å². The molecule has 19 heavy (non-hydrogen) atoms. The first-order valence-electron chi connectivity index (χ1n) is 6.20. The van der Waals surface area contributed by atoms with E-state index in [9.17, 15) is 4.79 Å². The second kappa shape index (κ2) is 9.48. The van der Waals surface area contributed by atoms with Crippen LogP contribution in [-0.2, 0) is 25.4 Å². The van der Waals surface area contributed by atoms with Crippen molar-refractivity contribution < 1.29 is 19.0 Å². The minimum absolute atomic E-state index is 0.308. The quantitative estimate of drug-likeness (QED) is 0.454. The monoisotopic (exact) mass is 271 g/mol. The van der Waals surface area contributed by atoms with Crippen molar-refractivity contribution in [1.29, 1.82) is 0 Å². The first kappa shape index (κ1) is 15.6. The third-order valence-electron chi connectivity index (χ3n) is 2.41. The van der Waals surface area contributed by atoms with Crippen LogP contribution in [0.15, 0.2) is 12.5 Å². The summed E-state index contributed by atoms with van der Waals surface area (Å²) in [5.41, 5.74) is 6.53. The average Bonchev–Trinajstić information content (AvgIpc) is 2.90. The Bertz CT molecular complexity index is 343. The molecule has 7 nitrogen and oxygen atoms in total. The Balaban J connectivity index is 2.03. The highest BCUT2D eigenvalue weighted by atomic mass is 16.5. The van der Waals surface area contributed by atoms with Crippen LogP contribution in [0.5, 0.6) is 0 Å². The molecule has 3 N–H and O–H groups in total. The van der Waals surface area contributed by atoms with Gasteiger partial charge in [-0.25, -0.2) is 4.98 Å². The number of rotatable bonds is 10. The van der Waals surface area contributed by atoms with E-state index in [-0.39, 0.29) is 0 Å². The summed E-state index contributed by atoms with van der Waals surface area (Å²) < 4.78 is 15.1. The lowest BCUT2D eigenvalue weighted by molar-refractivity contribution is -0.145. The van der Waals surface area contributed by atoms with Crippen molar-refractivity contribution in [2.45, 2.75) is 18.9 Å². The summed E-state index contributed by atoms with van der Waals surface area (Å²) in [6.45, 7) is 1.95. The van der Waals surface area contributed by atoms with Gasteiger partial charge in [0.25, 0.3) is 0 Å². The van der Waals surface area contributed by atoms with E-state index in [1.807, 2.05) is 0 Å². The van der Waals surface area contributed by atoms with E-state index >= 15 is 0 Å². The number of esters is 1. The van der Waals surface area contributed by atoms with E-state index in [4.69, 9.17) is 19.9 Å². The number of aromatic nitrogens is 2. The summed E-state index contributed by atoms with van der Waals surface area (Å²) in [4.78, 5) is 18.3. The van der Waals surface area contributed by atoms with Gasteiger partial charge in [0, 0.05) is 38.4 Å². The van der Waals surface area contributed by atoms with E-state index in [0.29, 0.717) is 39.3 Å². The number of aromatic amines is 1. The lowest BCUT2D eigenvalue weighted by Crippen LogP contribution is -2.34. The number of methoxy groups -OCH3 is 1. The highest BCUT2D eigenvalue weighted by molar-refractivity contribution is 5.75. The fourth-order valence-electron chi connectivity index (χ4n) is 1.40. The molecule has 0 saturated heterocycles. The SMILES string of the molecule is COCCOCCCOC(=O)[C@@H](N)Cc1cnc[nH]1. The number of H-pyrrole nitrogens is 1. The van der Waals surface area contributed by atoms with Gasteiger partial charge in [0.2, 0.25) is 0 Å². The molecule has 0 fully saturated rings. The van der Waals surface area contributed by atoms with Crippen LogP contribution in [0.4, 0.5) is 0 Å². The maximum atomic E-state index is 11.6. The molecule has 0 unspecified atom stereocenters. The molecule has 1 heterocycles. The highest BCUT2D eigenvalue weighted by Gasteiger charge is 2.15. The van der Waals surface area contributed by atoms with Crippen molar-refractivity contribution in [2.24, 2.45) is 5.73 Å². The Hall–Kier alpha value is -1.44. The van der Waals surface area contributed by atoms with Crippen molar-refractivity contribution in [2.75, 3.05) is 33.5 Å². The van der Waals surface area contributed by atoms with Crippen molar-refractivity contribution >= 4 is 5.97 Å². The zero-order valence-electron chi connectivity index (χ0n) is 11.1. The smallest absolute Gasteiger partial charge is 0.323 e. The largest absolute Gasteiger partial charge is 0.464 e. The molecule has 0 aliphatic heterocycles. The van der Waals surface area contributed by atoms with Crippen LogP contribution in [0, 0.1) is 0 Å². The third kappa shape index (κ3) is 6.90. The van der Waals surface area contributed by atoms with E-state index in [0.717, 1.165) is 5.69 Å². The number of nitrogens with zero attached hydrogens (tertiary/aromatic N) is 1. The zero-order valence-corrected chi connectivity index (χ0v) is 11.1. The molecule has 1 rings (SSSR count). The summed E-state index contributed by atoms with van der Waals surface area (Å²) in [7, 11) is 1.62. The number of imidazole rings is 1. The minimum Gasteiger partial charge on any atom is -0.464 e. The van der Waals surface area contributed by atoms with Gasteiger partial charge in [0.05, 0.1) is 26.1 Å². The minimum atomic E-state index is -0.671. The number of nitrogens with two attached hydrogens (primary N) is 1. The van der Waals surface area contributed by atoms with Crippen LogP contribution in [0.3, 0.4) is 0 Å². The van der Waals surface area contributed by atoms with Gasteiger partial charge in [-0.1, -0.05) is 0 Å². The predicted octanol–water partition coefficient (Wildman–Crippen LogP) is -0.124. The molecule has 0 aromatic carbocycles. The van der Waals surface area contributed by atoms with E-state index in [2.05, 4.69) is 9.97 Å². The number of hydrogen-bond donors (Lipinski definition) is 2. The van der Waals surface area contributed by atoms with Crippen LogP contribution >= 0.6 is 0 Å². The van der Waals surface area contributed by atoms with Crippen LogP contribution < -0.4 is 5.73 Å². The summed E-state index contributed by atoms with van der Waals surface area (Å²) >= 11 is 0. The molecule has 108 valence electrons. The van der Waals surface area contributed by atoms with Crippen LogP contribution in [0.2, 0.25) is 0 Å². The highest BCUT2D eigenvalue weighted by Crippen LogP contribution is 1.98. The van der Waals surface area contributed by atoms with Gasteiger partial charge in [0.15, 0.2) is 0 Å². The van der Waals surface area contributed by atoms with Gasteiger partial charge in [-0.15, -0.1) is 0 Å². The molecule has 1 aromatic heterocycles. The second-order valence-corrected chi connectivity index (χ2v) is 4.01. The number of carbonyl (C=O) groups is 1. The van der Waals surface area contributed by atoms with Gasteiger partial charge in [-0.3, -0.25) is 4.79 Å². The predicted molar refractivity (Wildman–Crippen MR) is 68.5 cm³/mol. The molecule has 0 radical (unpaired) electrons. The zero-order chi connectivity index (χ0) is 13.9. The molecule has 1 aromatic rings. The van der Waals surface area contributed by atoms with Gasteiger partial charge >= 0.3 is 5.97 Å². The van der Waals surface area contributed by atoms with Crippen molar-refractivity contribution in [3.8, 4) is 0 Å². The van der Waals surface area contributed by atoms with Crippen LogP contribution in [0.25, 0.3) is 0 Å². The molecule has 1 atom stereocenters. The van der Waals surface area contributed by atoms with Gasteiger partial charge in [0.1, 0.15) is 6.04 Å². The third-order valence-corrected chi connectivity index (χ3v) is 2.41. The fraction of sp³-hybridized carbons (Fsp3) is 0.667. The number of carbonyl (C=O) groups excluding carboxylic acids is 1. The molecule has 0 spiro atoms. The van der Waals surface area contributed by atoms with E-state index in [1.165, 1.54) is 0 Å². The molecule has 0 bridgehead atoms. The van der Waals surface area contributed by atoms with Crippen LogP contribution in [-0.4, -0.2) is 55.5 Å². The Morgan fingerprint density at radius 2 is 2.26 bits per heavy atom. The van der Waals surface area contributed by atoms with Gasteiger partial charge < -0.3 is 24.9 Å². The number of nitrogens with one attached hydrogen (secondary N) is 1. The first-order chi connectivity index (χ1) is 9.24. The normalized spacial score (nSPS) is 12.3. The topological polar surface area (TPSA) is 99.5 Å². The Morgan fingerprint density at radius 1 is 1.42 bits per heavy atom. The average molecular weight is 271 g/mol. The lowest BCUT2D eigenvalue weighted by atomic mass is 10.2. The lowest BCUT2D eigenvalue weighted by Gasteiger charge is -2.10.